The van der Waals surface area contributed by atoms with E-state index < -0.39 is 11.6 Å². The second-order valence-corrected chi connectivity index (χ2v) is 7.40. The summed E-state index contributed by atoms with van der Waals surface area (Å²) < 4.78 is 1.32. The van der Waals surface area contributed by atoms with Crippen molar-refractivity contribution in [1.82, 2.24) is 14.7 Å². The first-order chi connectivity index (χ1) is 12.7. The lowest BCUT2D eigenvalue weighted by atomic mass is 9.91. The monoisotopic (exact) mass is 373 g/mol. The fourth-order valence-corrected chi connectivity index (χ4v) is 3.31. The van der Waals surface area contributed by atoms with Crippen LogP contribution in [0.2, 0.25) is 0 Å². The van der Waals surface area contributed by atoms with Gasteiger partial charge in [0.2, 0.25) is 0 Å². The van der Waals surface area contributed by atoms with E-state index in [1.807, 2.05) is 13.8 Å². The van der Waals surface area contributed by atoms with Crippen LogP contribution in [-0.2, 0) is 11.3 Å². The number of aliphatic hydroxyl groups is 1. The van der Waals surface area contributed by atoms with Gasteiger partial charge in [-0.3, -0.25) is 9.59 Å². The maximum absolute atomic E-state index is 13.1. The number of nitrogens with zero attached hydrogens (tertiary/aromatic N) is 3. The number of likely N-dealkylation sites (tertiary alicyclic amines) is 1. The third-order valence-electron chi connectivity index (χ3n) is 4.88. The second kappa shape index (κ2) is 7.11. The molecule has 1 aliphatic rings. The Labute approximate surface area is 156 Å². The van der Waals surface area contributed by atoms with Crippen LogP contribution in [0.25, 0.3) is 10.8 Å². The molecule has 0 saturated carbocycles. The zero-order chi connectivity index (χ0) is 19.8. The summed E-state index contributed by atoms with van der Waals surface area (Å²) >= 11 is 0. The van der Waals surface area contributed by atoms with Crippen LogP contribution in [-0.4, -0.2) is 55.5 Å². The van der Waals surface area contributed by atoms with Crippen molar-refractivity contribution in [2.75, 3.05) is 13.1 Å². The van der Waals surface area contributed by atoms with Gasteiger partial charge in [0.25, 0.3) is 11.5 Å². The number of hydrogen-bond acceptors (Lipinski definition) is 5. The minimum Gasteiger partial charge on any atom is -0.479 e. The Kier molecular flexibility index (Phi) is 5.01. The molecule has 0 atom stereocenters. The van der Waals surface area contributed by atoms with Gasteiger partial charge < -0.3 is 15.1 Å². The summed E-state index contributed by atoms with van der Waals surface area (Å²) in [6, 6.07) is 6.85. The molecule has 2 aromatic rings. The average Bonchev–Trinajstić information content (AvgIpc) is 2.64. The number of amides is 1. The quantitative estimate of drug-likeness (QED) is 0.830. The molecule has 0 unspecified atom stereocenters. The maximum Gasteiger partial charge on any atom is 0.335 e. The van der Waals surface area contributed by atoms with E-state index in [9.17, 15) is 19.5 Å². The van der Waals surface area contributed by atoms with Gasteiger partial charge in [-0.15, -0.1) is 0 Å². The summed E-state index contributed by atoms with van der Waals surface area (Å²) in [7, 11) is 0. The Morgan fingerprint density at radius 2 is 1.78 bits per heavy atom. The number of fused-ring (bicyclic) bond motifs is 1. The van der Waals surface area contributed by atoms with E-state index in [1.165, 1.54) is 9.58 Å². The van der Waals surface area contributed by atoms with Crippen LogP contribution in [0.1, 0.15) is 37.2 Å². The van der Waals surface area contributed by atoms with Gasteiger partial charge >= 0.3 is 5.97 Å². The molecule has 1 fully saturated rings. The zero-order valence-electron chi connectivity index (χ0n) is 15.4. The maximum atomic E-state index is 13.1. The Balaban J connectivity index is 1.99. The summed E-state index contributed by atoms with van der Waals surface area (Å²) in [5.41, 5.74) is -1.87. The van der Waals surface area contributed by atoms with Crippen LogP contribution in [0.5, 0.6) is 0 Å². The summed E-state index contributed by atoms with van der Waals surface area (Å²) in [4.78, 5) is 38.4. The van der Waals surface area contributed by atoms with E-state index in [4.69, 9.17) is 5.11 Å². The Morgan fingerprint density at radius 1 is 1.19 bits per heavy atom. The van der Waals surface area contributed by atoms with Gasteiger partial charge in [-0.25, -0.2) is 9.48 Å². The Bertz CT molecular complexity index is 942. The van der Waals surface area contributed by atoms with E-state index >= 15 is 0 Å². The highest BCUT2D eigenvalue weighted by Crippen LogP contribution is 2.24. The van der Waals surface area contributed by atoms with Crippen LogP contribution < -0.4 is 5.56 Å². The lowest BCUT2D eigenvalue weighted by Gasteiger charge is -2.35. The van der Waals surface area contributed by atoms with Gasteiger partial charge in [0, 0.05) is 37.9 Å². The van der Waals surface area contributed by atoms with Gasteiger partial charge in [-0.05, 0) is 12.0 Å². The van der Waals surface area contributed by atoms with Crippen molar-refractivity contribution in [3.63, 3.8) is 0 Å². The largest absolute Gasteiger partial charge is 0.479 e. The molecule has 0 aliphatic carbocycles. The third kappa shape index (κ3) is 3.57. The van der Waals surface area contributed by atoms with Crippen molar-refractivity contribution >= 4 is 22.6 Å². The van der Waals surface area contributed by atoms with Gasteiger partial charge in [0.15, 0.2) is 11.3 Å². The first kappa shape index (κ1) is 19.0. The molecular weight excluding hydrogens is 350 g/mol. The zero-order valence-corrected chi connectivity index (χ0v) is 15.4. The molecule has 0 bridgehead atoms. The number of carbonyl (C=O) groups is 2. The van der Waals surface area contributed by atoms with Crippen molar-refractivity contribution in [3.05, 3.63) is 40.3 Å². The summed E-state index contributed by atoms with van der Waals surface area (Å²) in [6.45, 7) is 4.54. The van der Waals surface area contributed by atoms with E-state index in [2.05, 4.69) is 5.10 Å². The molecule has 8 heteroatoms. The van der Waals surface area contributed by atoms with Crippen molar-refractivity contribution in [1.29, 1.82) is 0 Å². The lowest BCUT2D eigenvalue weighted by molar-refractivity contribution is -0.162. The molecule has 0 radical (unpaired) electrons. The minimum absolute atomic E-state index is 0.0440. The summed E-state index contributed by atoms with van der Waals surface area (Å²) in [6.07, 6.45) is -0.0880. The number of benzene rings is 1. The highest BCUT2D eigenvalue weighted by molar-refractivity contribution is 6.04. The molecule has 1 amide bonds. The number of carboxylic acids is 1. The number of aliphatic carboxylic acids is 1. The number of carboxylic acid groups (broad SMARTS) is 1. The number of carbonyl (C=O) groups excluding carboxylic acids is 1. The summed E-state index contributed by atoms with van der Waals surface area (Å²) in [5, 5.41) is 24.4. The van der Waals surface area contributed by atoms with Gasteiger partial charge in [0.05, 0.1) is 5.39 Å². The number of piperidine rings is 1. The minimum atomic E-state index is -1.80. The molecule has 2 heterocycles. The molecular formula is C19H23N3O5. The molecule has 2 N–H and O–H groups in total. The molecule has 3 rings (SSSR count). The van der Waals surface area contributed by atoms with Crippen molar-refractivity contribution in [2.24, 2.45) is 5.92 Å². The molecule has 1 saturated heterocycles. The van der Waals surface area contributed by atoms with Gasteiger partial charge in [0.1, 0.15) is 0 Å². The SMILES string of the molecule is CC(C)Cn1nc(C(=O)N2CCC(O)(C(=O)O)CC2)c2ccccc2c1=O. The second-order valence-electron chi connectivity index (χ2n) is 7.40. The molecule has 8 nitrogen and oxygen atoms in total. The normalized spacial score (nSPS) is 16.7. The molecule has 27 heavy (non-hydrogen) atoms. The first-order valence-corrected chi connectivity index (χ1v) is 8.98. The first-order valence-electron chi connectivity index (χ1n) is 8.98. The number of aromatic nitrogens is 2. The fourth-order valence-electron chi connectivity index (χ4n) is 3.31. The molecule has 1 aromatic carbocycles. The summed E-state index contributed by atoms with van der Waals surface area (Å²) in [5.74, 6) is -1.46. The van der Waals surface area contributed by atoms with Crippen LogP contribution in [0.4, 0.5) is 0 Å². The van der Waals surface area contributed by atoms with Crippen molar-refractivity contribution < 1.29 is 19.8 Å². The van der Waals surface area contributed by atoms with Crippen LogP contribution >= 0.6 is 0 Å². The predicted octanol–water partition coefficient (Wildman–Crippen LogP) is 1.10. The Morgan fingerprint density at radius 3 is 2.33 bits per heavy atom. The predicted molar refractivity (Wildman–Crippen MR) is 98.6 cm³/mol. The standard InChI is InChI=1S/C19H23N3O5/c1-12(2)11-22-16(23)14-6-4-3-5-13(14)15(20-22)17(24)21-9-7-19(27,8-10-21)18(25)26/h3-6,12,27H,7-11H2,1-2H3,(H,25,26). The molecule has 1 aromatic heterocycles. The van der Waals surface area contributed by atoms with E-state index in [1.54, 1.807) is 24.3 Å². The smallest absolute Gasteiger partial charge is 0.335 e. The highest BCUT2D eigenvalue weighted by atomic mass is 16.4. The van der Waals surface area contributed by atoms with Crippen LogP contribution in [0.3, 0.4) is 0 Å². The van der Waals surface area contributed by atoms with Gasteiger partial charge in [-0.2, -0.15) is 5.10 Å². The number of rotatable bonds is 4. The molecule has 1 aliphatic heterocycles. The number of hydrogen-bond donors (Lipinski definition) is 2. The van der Waals surface area contributed by atoms with Gasteiger partial charge in [-0.1, -0.05) is 32.0 Å². The third-order valence-corrected chi connectivity index (χ3v) is 4.88. The van der Waals surface area contributed by atoms with E-state index in [0.717, 1.165) is 0 Å². The Hall–Kier alpha value is -2.74. The van der Waals surface area contributed by atoms with Crippen LogP contribution in [0.15, 0.2) is 29.1 Å². The topological polar surface area (TPSA) is 113 Å². The average molecular weight is 373 g/mol. The van der Waals surface area contributed by atoms with Crippen molar-refractivity contribution in [2.45, 2.75) is 38.8 Å². The fraction of sp³-hybridized carbons (Fsp3) is 0.474. The van der Waals surface area contributed by atoms with Crippen molar-refractivity contribution in [3.8, 4) is 0 Å². The lowest BCUT2D eigenvalue weighted by Crippen LogP contribution is -2.51. The van der Waals surface area contributed by atoms with Crippen LogP contribution in [0, 0.1) is 5.92 Å². The molecule has 144 valence electrons. The highest BCUT2D eigenvalue weighted by Gasteiger charge is 2.41. The molecule has 0 spiro atoms. The van der Waals surface area contributed by atoms with E-state index in [0.29, 0.717) is 17.3 Å². The van der Waals surface area contributed by atoms with E-state index in [-0.39, 0.29) is 49.0 Å².